The van der Waals surface area contributed by atoms with E-state index in [0.717, 1.165) is 13.0 Å². The summed E-state index contributed by atoms with van der Waals surface area (Å²) >= 11 is 0. The molecule has 0 N–H and O–H groups in total. The van der Waals surface area contributed by atoms with Crippen molar-refractivity contribution in [1.82, 2.24) is 0 Å². The first-order chi connectivity index (χ1) is 6.17. The third-order valence-corrected chi connectivity index (χ3v) is 5.11. The fraction of sp³-hybridized carbons (Fsp3) is 0.636. The molecule has 0 bridgehead atoms. The molecule has 0 saturated heterocycles. The highest BCUT2D eigenvalue weighted by molar-refractivity contribution is 6.79. The first-order valence-electron chi connectivity index (χ1n) is 5.18. The fourth-order valence-corrected chi connectivity index (χ4v) is 3.41. The Morgan fingerprint density at radius 2 is 2.23 bits per heavy atom. The SMILES string of the molecule is CCCCO[Si](C)(C)C1=CCC=C1. The van der Waals surface area contributed by atoms with Gasteiger partial charge in [-0.1, -0.05) is 31.6 Å². The molecule has 0 saturated carbocycles. The maximum Gasteiger partial charge on any atom is 0.217 e. The van der Waals surface area contributed by atoms with Gasteiger partial charge in [0.15, 0.2) is 0 Å². The maximum atomic E-state index is 5.97. The molecule has 0 fully saturated rings. The van der Waals surface area contributed by atoms with Gasteiger partial charge in [0.2, 0.25) is 8.32 Å². The zero-order valence-electron chi connectivity index (χ0n) is 8.97. The van der Waals surface area contributed by atoms with E-state index in [0.29, 0.717) is 0 Å². The quantitative estimate of drug-likeness (QED) is 0.483. The van der Waals surface area contributed by atoms with Crippen LogP contribution in [0.15, 0.2) is 23.4 Å². The van der Waals surface area contributed by atoms with Crippen molar-refractivity contribution in [3.63, 3.8) is 0 Å². The molecule has 0 aromatic carbocycles. The van der Waals surface area contributed by atoms with Crippen molar-refractivity contribution in [3.05, 3.63) is 23.4 Å². The third kappa shape index (κ3) is 3.12. The normalized spacial score (nSPS) is 16.4. The van der Waals surface area contributed by atoms with Crippen molar-refractivity contribution in [1.29, 1.82) is 0 Å². The van der Waals surface area contributed by atoms with Crippen molar-refractivity contribution in [3.8, 4) is 0 Å². The molecular weight excluding hydrogens is 176 g/mol. The standard InChI is InChI=1S/C11H20OSi/c1-4-5-10-12-13(2,3)11-8-6-7-9-11/h6,8-9H,4-5,7,10H2,1-3H3. The molecule has 1 rings (SSSR count). The Labute approximate surface area is 82.6 Å². The number of allylic oxidation sites excluding steroid dienone is 4. The van der Waals surface area contributed by atoms with Gasteiger partial charge in [-0.2, -0.15) is 0 Å². The molecule has 0 unspecified atom stereocenters. The van der Waals surface area contributed by atoms with Crippen LogP contribution in [0.25, 0.3) is 0 Å². The Bertz CT molecular complexity index is 216. The van der Waals surface area contributed by atoms with Crippen molar-refractivity contribution >= 4 is 8.32 Å². The molecule has 0 aromatic heterocycles. The second-order valence-electron chi connectivity index (χ2n) is 4.01. The third-order valence-electron chi connectivity index (χ3n) is 2.43. The molecule has 1 aliphatic carbocycles. The lowest BCUT2D eigenvalue weighted by Crippen LogP contribution is -2.32. The molecule has 0 spiro atoms. The smallest absolute Gasteiger partial charge is 0.217 e. The largest absolute Gasteiger partial charge is 0.413 e. The van der Waals surface area contributed by atoms with Crippen molar-refractivity contribution < 1.29 is 4.43 Å². The number of rotatable bonds is 5. The van der Waals surface area contributed by atoms with Gasteiger partial charge in [-0.3, -0.25) is 0 Å². The molecule has 0 aliphatic heterocycles. The number of hydrogen-bond acceptors (Lipinski definition) is 1. The molecule has 1 aliphatic rings. The predicted molar refractivity (Wildman–Crippen MR) is 60.2 cm³/mol. The van der Waals surface area contributed by atoms with E-state index in [1.165, 1.54) is 18.0 Å². The predicted octanol–water partition coefficient (Wildman–Crippen LogP) is 3.43. The molecule has 0 radical (unpaired) electrons. The summed E-state index contributed by atoms with van der Waals surface area (Å²) in [6.07, 6.45) is 10.3. The van der Waals surface area contributed by atoms with Crippen LogP contribution in [0.3, 0.4) is 0 Å². The van der Waals surface area contributed by atoms with Gasteiger partial charge in [0.05, 0.1) is 0 Å². The fourth-order valence-electron chi connectivity index (χ4n) is 1.46. The van der Waals surface area contributed by atoms with Crippen LogP contribution in [-0.2, 0) is 4.43 Å². The van der Waals surface area contributed by atoms with Crippen LogP contribution in [0.2, 0.25) is 13.1 Å². The van der Waals surface area contributed by atoms with Gasteiger partial charge in [-0.25, -0.2) is 0 Å². The molecule has 1 nitrogen and oxygen atoms in total. The Balaban J connectivity index is 2.40. The van der Waals surface area contributed by atoms with Gasteiger partial charge in [0, 0.05) is 6.61 Å². The van der Waals surface area contributed by atoms with Crippen LogP contribution in [0.4, 0.5) is 0 Å². The zero-order valence-corrected chi connectivity index (χ0v) is 9.97. The first kappa shape index (κ1) is 10.7. The summed E-state index contributed by atoms with van der Waals surface area (Å²) in [5.41, 5.74) is 0. The highest BCUT2D eigenvalue weighted by Gasteiger charge is 2.26. The van der Waals surface area contributed by atoms with E-state index >= 15 is 0 Å². The summed E-state index contributed by atoms with van der Waals surface area (Å²) in [7, 11) is -1.53. The molecule has 0 atom stereocenters. The van der Waals surface area contributed by atoms with Crippen LogP contribution in [0.1, 0.15) is 26.2 Å². The van der Waals surface area contributed by atoms with Gasteiger partial charge in [0.1, 0.15) is 0 Å². The molecule has 0 amide bonds. The van der Waals surface area contributed by atoms with Crippen molar-refractivity contribution in [2.75, 3.05) is 6.61 Å². The summed E-state index contributed by atoms with van der Waals surface area (Å²) in [6.45, 7) is 7.70. The molecule has 74 valence electrons. The van der Waals surface area contributed by atoms with Gasteiger partial charge in [-0.15, -0.1) is 0 Å². The van der Waals surface area contributed by atoms with E-state index in [4.69, 9.17) is 4.43 Å². The van der Waals surface area contributed by atoms with E-state index in [2.05, 4.69) is 38.2 Å². The molecule has 13 heavy (non-hydrogen) atoms. The lowest BCUT2D eigenvalue weighted by Gasteiger charge is -2.23. The maximum absolute atomic E-state index is 5.97. The Morgan fingerprint density at radius 3 is 2.77 bits per heavy atom. The van der Waals surface area contributed by atoms with Gasteiger partial charge < -0.3 is 4.43 Å². The summed E-state index contributed by atoms with van der Waals surface area (Å²) in [4.78, 5) is 0. The number of unbranched alkanes of at least 4 members (excludes halogenated alkanes) is 1. The van der Waals surface area contributed by atoms with E-state index in [1.54, 1.807) is 0 Å². The van der Waals surface area contributed by atoms with Gasteiger partial charge >= 0.3 is 0 Å². The summed E-state index contributed by atoms with van der Waals surface area (Å²) in [6, 6.07) is 0. The van der Waals surface area contributed by atoms with Crippen molar-refractivity contribution in [2.45, 2.75) is 39.3 Å². The average molecular weight is 196 g/mol. The average Bonchev–Trinajstić information content (AvgIpc) is 2.56. The zero-order chi connectivity index (χ0) is 9.73. The monoisotopic (exact) mass is 196 g/mol. The van der Waals surface area contributed by atoms with Gasteiger partial charge in [0.25, 0.3) is 0 Å². The summed E-state index contributed by atoms with van der Waals surface area (Å²) < 4.78 is 5.97. The minimum atomic E-state index is -1.53. The van der Waals surface area contributed by atoms with Crippen LogP contribution in [-0.4, -0.2) is 14.9 Å². The summed E-state index contributed by atoms with van der Waals surface area (Å²) in [5, 5.41) is 1.46. The van der Waals surface area contributed by atoms with Crippen LogP contribution in [0.5, 0.6) is 0 Å². The Hall–Kier alpha value is -0.343. The number of hydrogen-bond donors (Lipinski definition) is 0. The molecule has 2 heteroatoms. The topological polar surface area (TPSA) is 9.23 Å². The second kappa shape index (κ2) is 4.77. The lowest BCUT2D eigenvalue weighted by molar-refractivity contribution is 0.305. The second-order valence-corrected chi connectivity index (χ2v) is 7.90. The van der Waals surface area contributed by atoms with E-state index in [-0.39, 0.29) is 0 Å². The van der Waals surface area contributed by atoms with Crippen LogP contribution >= 0.6 is 0 Å². The minimum absolute atomic E-state index is 0.931. The Morgan fingerprint density at radius 1 is 1.46 bits per heavy atom. The Kier molecular flexibility index (Phi) is 3.94. The first-order valence-corrected chi connectivity index (χ1v) is 8.09. The summed E-state index contributed by atoms with van der Waals surface area (Å²) in [5.74, 6) is 0. The van der Waals surface area contributed by atoms with E-state index < -0.39 is 8.32 Å². The van der Waals surface area contributed by atoms with Gasteiger partial charge in [-0.05, 0) is 31.1 Å². The minimum Gasteiger partial charge on any atom is -0.413 e. The highest BCUT2D eigenvalue weighted by Crippen LogP contribution is 2.22. The van der Waals surface area contributed by atoms with Crippen molar-refractivity contribution in [2.24, 2.45) is 0 Å². The molecule has 0 heterocycles. The van der Waals surface area contributed by atoms with Crippen LogP contribution in [0, 0.1) is 0 Å². The lowest BCUT2D eigenvalue weighted by atomic mass is 10.4. The highest BCUT2D eigenvalue weighted by atomic mass is 28.4. The van der Waals surface area contributed by atoms with Crippen LogP contribution < -0.4 is 0 Å². The van der Waals surface area contributed by atoms with E-state index in [9.17, 15) is 0 Å². The molecular formula is C11H20OSi. The molecule has 0 aromatic rings. The van der Waals surface area contributed by atoms with E-state index in [1.807, 2.05) is 0 Å².